The highest BCUT2D eigenvalue weighted by atomic mass is 35.5. The highest BCUT2D eigenvalue weighted by Crippen LogP contribution is 2.39. The van der Waals surface area contributed by atoms with Crippen LogP contribution in [0, 0.1) is 18.3 Å². The Balaban J connectivity index is 1.23. The zero-order valence-corrected chi connectivity index (χ0v) is 31.6. The molecule has 0 aliphatic heterocycles. The number of hydrogen-bond acceptors (Lipinski definition) is 7. The number of halogens is 1. The quantitative estimate of drug-likeness (QED) is 0.0720. The molecule has 4 N–H and O–H groups in total. The van der Waals surface area contributed by atoms with Crippen molar-refractivity contribution >= 4 is 80.8 Å². The first-order valence-corrected chi connectivity index (χ1v) is 18.9. The summed E-state index contributed by atoms with van der Waals surface area (Å²) in [6.45, 7) is 1.68. The lowest BCUT2D eigenvalue weighted by molar-refractivity contribution is -0.116. The fraction of sp³-hybridized carbons (Fsp3) is 0.0465. The molecule has 4 amide bonds. The van der Waals surface area contributed by atoms with Gasteiger partial charge in [0.25, 0.3) is 17.7 Å². The van der Waals surface area contributed by atoms with E-state index in [1.54, 1.807) is 110 Å². The van der Waals surface area contributed by atoms with Crippen molar-refractivity contribution in [3.8, 4) is 6.07 Å². The molecule has 0 fully saturated rings. The first-order chi connectivity index (χ1) is 26.7. The summed E-state index contributed by atoms with van der Waals surface area (Å²) in [7, 11) is 0. The normalized spacial score (nSPS) is 11.5. The van der Waals surface area contributed by atoms with E-state index in [2.05, 4.69) is 27.3 Å². The predicted molar refractivity (Wildman–Crippen MR) is 220 cm³/mol. The zero-order chi connectivity index (χ0) is 38.7. The van der Waals surface area contributed by atoms with Crippen LogP contribution in [0.4, 0.5) is 16.4 Å². The summed E-state index contributed by atoms with van der Waals surface area (Å²) in [5.41, 5.74) is 3.44. The van der Waals surface area contributed by atoms with Crippen LogP contribution < -0.4 is 21.3 Å². The van der Waals surface area contributed by atoms with Gasteiger partial charge in [-0.3, -0.25) is 19.2 Å². The third kappa shape index (κ3) is 9.96. The van der Waals surface area contributed by atoms with Gasteiger partial charge < -0.3 is 21.3 Å². The summed E-state index contributed by atoms with van der Waals surface area (Å²) in [6.07, 6.45) is 1.55. The molecular formula is C43H32ClN5O4S2. The minimum absolute atomic E-state index is 0.00660. The first-order valence-electron chi connectivity index (χ1n) is 16.9. The maximum Gasteiger partial charge on any atom is 0.272 e. The van der Waals surface area contributed by atoms with Crippen LogP contribution in [0.1, 0.15) is 47.5 Å². The van der Waals surface area contributed by atoms with Crippen LogP contribution in [0.3, 0.4) is 0 Å². The van der Waals surface area contributed by atoms with Crippen LogP contribution in [0.25, 0.3) is 6.08 Å². The van der Waals surface area contributed by atoms with Crippen molar-refractivity contribution in [1.82, 2.24) is 5.32 Å². The second-order valence-electron chi connectivity index (χ2n) is 12.0. The summed E-state index contributed by atoms with van der Waals surface area (Å²) in [6, 6.07) is 42.6. The topological polar surface area (TPSA) is 140 Å². The zero-order valence-electron chi connectivity index (χ0n) is 29.2. The summed E-state index contributed by atoms with van der Waals surface area (Å²) in [4.78, 5) is 55.0. The predicted octanol–water partition coefficient (Wildman–Crippen LogP) is 9.72. The Morgan fingerprint density at radius 2 is 1.38 bits per heavy atom. The van der Waals surface area contributed by atoms with Gasteiger partial charge in [-0.25, -0.2) is 0 Å². The number of hydrogen-bond donors (Lipinski definition) is 4. The number of nitriles is 1. The summed E-state index contributed by atoms with van der Waals surface area (Å²) in [5, 5.41) is 21.4. The molecule has 0 saturated heterocycles. The molecule has 0 saturated carbocycles. The van der Waals surface area contributed by atoms with Gasteiger partial charge in [0.05, 0.1) is 10.4 Å². The van der Waals surface area contributed by atoms with Crippen molar-refractivity contribution in [1.29, 1.82) is 5.26 Å². The van der Waals surface area contributed by atoms with Crippen LogP contribution in [-0.2, 0) is 9.59 Å². The number of anilines is 3. The van der Waals surface area contributed by atoms with Gasteiger partial charge in [0, 0.05) is 26.9 Å². The van der Waals surface area contributed by atoms with E-state index in [1.165, 1.54) is 11.8 Å². The monoisotopic (exact) mass is 781 g/mol. The van der Waals surface area contributed by atoms with Crippen molar-refractivity contribution in [2.45, 2.75) is 17.1 Å². The third-order valence-electron chi connectivity index (χ3n) is 8.13. The van der Waals surface area contributed by atoms with Gasteiger partial charge in [0.2, 0.25) is 5.91 Å². The standard InChI is InChI=1S/C43H32ClN5O4S2/c1-27-35(26-45)43(55-37(27)41(52)46-32-16-9-4-10-17-32)49-42(53)38(29-12-5-2-6-13-29)54-34-19-11-18-33(25-34)47-40(51)36(24-28-20-22-31(44)23-21-28)48-39(50)30-14-7-3-8-15-30/h2-25,38H,1H3,(H,46,52)(H,47,51)(H,48,50)(H,49,53)/b36-24+. The van der Waals surface area contributed by atoms with Crippen molar-refractivity contribution in [3.63, 3.8) is 0 Å². The summed E-state index contributed by atoms with van der Waals surface area (Å²) in [5.74, 6) is -1.82. The van der Waals surface area contributed by atoms with Gasteiger partial charge >= 0.3 is 0 Å². The maximum atomic E-state index is 14.1. The van der Waals surface area contributed by atoms with Crippen LogP contribution >= 0.6 is 34.7 Å². The number of carbonyl (C=O) groups excluding carboxylic acids is 4. The minimum Gasteiger partial charge on any atom is -0.321 e. The number of thiophene rings is 1. The average Bonchev–Trinajstić information content (AvgIpc) is 3.52. The number of carbonyl (C=O) groups is 4. The van der Waals surface area contributed by atoms with Crippen molar-refractivity contribution < 1.29 is 19.2 Å². The Morgan fingerprint density at radius 1 is 0.745 bits per heavy atom. The lowest BCUT2D eigenvalue weighted by Gasteiger charge is -2.17. The molecule has 55 heavy (non-hydrogen) atoms. The fourth-order valence-corrected chi connectivity index (χ4v) is 7.65. The lowest BCUT2D eigenvalue weighted by Crippen LogP contribution is -2.30. The first kappa shape index (κ1) is 38.3. The van der Waals surface area contributed by atoms with E-state index >= 15 is 0 Å². The van der Waals surface area contributed by atoms with Gasteiger partial charge in [0.15, 0.2) is 0 Å². The minimum atomic E-state index is -0.784. The second-order valence-corrected chi connectivity index (χ2v) is 14.6. The Labute approximate surface area is 331 Å². The van der Waals surface area contributed by atoms with E-state index < -0.39 is 23.0 Å². The average molecular weight is 782 g/mol. The van der Waals surface area contributed by atoms with Crippen LogP contribution in [0.2, 0.25) is 5.02 Å². The Kier molecular flexibility index (Phi) is 12.6. The van der Waals surface area contributed by atoms with Gasteiger partial charge in [0.1, 0.15) is 22.0 Å². The number of nitrogens with one attached hydrogen (secondary N) is 4. The van der Waals surface area contributed by atoms with E-state index in [4.69, 9.17) is 11.6 Å². The molecule has 272 valence electrons. The second kappa shape index (κ2) is 18.1. The molecule has 0 aliphatic rings. The van der Waals surface area contributed by atoms with E-state index in [0.717, 1.165) is 11.3 Å². The lowest BCUT2D eigenvalue weighted by atomic mass is 10.1. The maximum absolute atomic E-state index is 14.1. The van der Waals surface area contributed by atoms with E-state index in [1.807, 2.05) is 42.5 Å². The van der Waals surface area contributed by atoms with Crippen molar-refractivity contribution in [3.05, 3.63) is 183 Å². The number of rotatable bonds is 12. The molecule has 1 atom stereocenters. The Morgan fingerprint density at radius 3 is 2.05 bits per heavy atom. The van der Waals surface area contributed by atoms with Crippen molar-refractivity contribution in [2.24, 2.45) is 0 Å². The van der Waals surface area contributed by atoms with E-state index in [9.17, 15) is 24.4 Å². The third-order valence-corrected chi connectivity index (χ3v) is 10.8. The molecule has 0 spiro atoms. The number of para-hydroxylation sites is 1. The van der Waals surface area contributed by atoms with Crippen LogP contribution in [0.5, 0.6) is 0 Å². The molecule has 12 heteroatoms. The molecule has 1 heterocycles. The van der Waals surface area contributed by atoms with Crippen LogP contribution in [-0.4, -0.2) is 23.6 Å². The van der Waals surface area contributed by atoms with Crippen molar-refractivity contribution in [2.75, 3.05) is 16.0 Å². The highest BCUT2D eigenvalue weighted by Gasteiger charge is 2.27. The summed E-state index contributed by atoms with van der Waals surface area (Å²) >= 11 is 8.35. The van der Waals surface area contributed by atoms with Gasteiger partial charge in [-0.2, -0.15) is 5.26 Å². The fourth-order valence-electron chi connectivity index (χ4n) is 5.39. The van der Waals surface area contributed by atoms with Gasteiger partial charge in [-0.05, 0) is 84.3 Å². The molecule has 0 bridgehead atoms. The molecule has 6 rings (SSSR count). The molecule has 9 nitrogen and oxygen atoms in total. The Hall–Kier alpha value is -6.45. The molecular weight excluding hydrogens is 750 g/mol. The number of benzene rings is 5. The number of thioether (sulfide) groups is 1. The molecule has 0 aliphatic carbocycles. The number of nitrogens with zero attached hydrogens (tertiary/aromatic N) is 1. The molecule has 1 aromatic heterocycles. The Bertz CT molecular complexity index is 2410. The molecule has 0 radical (unpaired) electrons. The smallest absolute Gasteiger partial charge is 0.272 e. The van der Waals surface area contributed by atoms with E-state index in [0.29, 0.717) is 48.4 Å². The van der Waals surface area contributed by atoms with Gasteiger partial charge in [-0.15, -0.1) is 23.1 Å². The molecule has 5 aromatic carbocycles. The summed E-state index contributed by atoms with van der Waals surface area (Å²) < 4.78 is 0. The van der Waals surface area contributed by atoms with Crippen LogP contribution in [0.15, 0.2) is 150 Å². The largest absolute Gasteiger partial charge is 0.321 e. The molecule has 1 unspecified atom stereocenters. The SMILES string of the molecule is Cc1c(C(=O)Nc2ccccc2)sc(NC(=O)C(Sc2cccc(NC(=O)/C(=C\c3ccc(Cl)cc3)NC(=O)c3ccccc3)c2)c2ccccc2)c1C#N. The van der Waals surface area contributed by atoms with E-state index in [-0.39, 0.29) is 22.2 Å². The van der Waals surface area contributed by atoms with Gasteiger partial charge in [-0.1, -0.05) is 96.5 Å². The highest BCUT2D eigenvalue weighted by molar-refractivity contribution is 8.00. The molecule has 6 aromatic rings. The number of amides is 4.